The van der Waals surface area contributed by atoms with Crippen LogP contribution in [0, 0.1) is 17.0 Å². The van der Waals surface area contributed by atoms with E-state index in [1.165, 1.54) is 6.07 Å². The molecule has 1 N–H and O–H groups in total. The number of nitrogens with one attached hydrogen (secondary N) is 1. The van der Waals surface area contributed by atoms with Crippen molar-refractivity contribution in [2.75, 3.05) is 16.8 Å². The molecule has 0 radical (unpaired) electrons. The molecule has 1 aliphatic carbocycles. The Morgan fingerprint density at radius 2 is 1.97 bits per heavy atom. The summed E-state index contributed by atoms with van der Waals surface area (Å²) in [5.74, 6) is 0.211. The highest BCUT2D eigenvalue weighted by molar-refractivity contribution is 5.96. The van der Waals surface area contributed by atoms with Gasteiger partial charge in [-0.15, -0.1) is 0 Å². The second-order valence-corrected chi connectivity index (χ2v) is 8.53. The molecule has 1 aliphatic heterocycles. The van der Waals surface area contributed by atoms with E-state index in [1.807, 2.05) is 45.0 Å². The van der Waals surface area contributed by atoms with E-state index in [2.05, 4.69) is 10.2 Å². The molecule has 29 heavy (non-hydrogen) atoms. The Bertz CT molecular complexity index is 965. The lowest BCUT2D eigenvalue weighted by molar-refractivity contribution is -0.384. The molecule has 1 fully saturated rings. The highest BCUT2D eigenvalue weighted by Gasteiger charge is 2.40. The van der Waals surface area contributed by atoms with Crippen molar-refractivity contribution in [3.63, 3.8) is 0 Å². The van der Waals surface area contributed by atoms with E-state index < -0.39 is 10.5 Å². The number of nitrogens with zero attached hydrogens (tertiary/aromatic N) is 2. The number of carbonyl (C=O) groups is 1. The molecule has 0 aromatic heterocycles. The van der Waals surface area contributed by atoms with Crippen LogP contribution in [0.15, 0.2) is 36.4 Å². The van der Waals surface area contributed by atoms with Crippen LogP contribution in [-0.2, 0) is 11.2 Å². The van der Waals surface area contributed by atoms with E-state index in [4.69, 9.17) is 4.74 Å². The van der Waals surface area contributed by atoms with Crippen molar-refractivity contribution in [2.45, 2.75) is 51.7 Å². The van der Waals surface area contributed by atoms with Gasteiger partial charge in [-0.05, 0) is 45.2 Å². The molecule has 0 unspecified atom stereocenters. The summed E-state index contributed by atoms with van der Waals surface area (Å²) < 4.78 is 6.03. The molecule has 7 heteroatoms. The number of nitro benzene ring substituents is 1. The maximum atomic E-state index is 12.6. The molecule has 1 heterocycles. The van der Waals surface area contributed by atoms with Crippen molar-refractivity contribution in [1.82, 2.24) is 0 Å². The fourth-order valence-electron chi connectivity index (χ4n) is 3.74. The predicted octanol–water partition coefficient (Wildman–Crippen LogP) is 4.22. The van der Waals surface area contributed by atoms with Gasteiger partial charge in [-0.25, -0.2) is 0 Å². The van der Waals surface area contributed by atoms with Crippen molar-refractivity contribution in [1.29, 1.82) is 0 Å². The van der Waals surface area contributed by atoms with Gasteiger partial charge in [0.2, 0.25) is 5.91 Å². The van der Waals surface area contributed by atoms with Gasteiger partial charge in [0, 0.05) is 6.04 Å². The number of anilines is 2. The van der Waals surface area contributed by atoms with Crippen LogP contribution in [0.3, 0.4) is 0 Å². The standard InChI is InChI=1S/C22H25N3O4/c1-14-4-6-15(7-5-14)10-21(26)23-17-11-19-20(12-18(17)25(27)28)29-22(2,3)13-24(19)16-8-9-16/h4-7,11-12,16H,8-10,13H2,1-3H3,(H,23,26). The third-order valence-corrected chi connectivity index (χ3v) is 5.27. The Hall–Kier alpha value is -3.09. The van der Waals surface area contributed by atoms with Gasteiger partial charge in [-0.3, -0.25) is 14.9 Å². The van der Waals surface area contributed by atoms with Crippen LogP contribution in [0.2, 0.25) is 0 Å². The number of nitro groups is 1. The second-order valence-electron chi connectivity index (χ2n) is 8.53. The van der Waals surface area contributed by atoms with Crippen molar-refractivity contribution in [3.8, 4) is 5.75 Å². The highest BCUT2D eigenvalue weighted by atomic mass is 16.6. The van der Waals surface area contributed by atoms with Gasteiger partial charge >= 0.3 is 0 Å². The molecule has 0 saturated heterocycles. The summed E-state index contributed by atoms with van der Waals surface area (Å²) in [6, 6.07) is 11.2. The summed E-state index contributed by atoms with van der Waals surface area (Å²) in [7, 11) is 0. The van der Waals surface area contributed by atoms with E-state index in [9.17, 15) is 14.9 Å². The number of ether oxygens (including phenoxy) is 1. The van der Waals surface area contributed by atoms with E-state index in [0.29, 0.717) is 18.3 Å². The van der Waals surface area contributed by atoms with Gasteiger partial charge in [-0.2, -0.15) is 0 Å². The molecule has 7 nitrogen and oxygen atoms in total. The Morgan fingerprint density at radius 3 is 2.59 bits per heavy atom. The van der Waals surface area contributed by atoms with E-state index >= 15 is 0 Å². The Labute approximate surface area is 169 Å². The minimum Gasteiger partial charge on any atom is -0.484 e. The molecular weight excluding hydrogens is 370 g/mol. The number of carbonyl (C=O) groups excluding carboxylic acids is 1. The molecule has 0 bridgehead atoms. The number of rotatable bonds is 5. The zero-order chi connectivity index (χ0) is 20.8. The van der Waals surface area contributed by atoms with Crippen LogP contribution in [0.25, 0.3) is 0 Å². The lowest BCUT2D eigenvalue weighted by Gasteiger charge is -2.41. The molecule has 2 aliphatic rings. The first kappa shape index (κ1) is 19.2. The van der Waals surface area contributed by atoms with Crippen LogP contribution in [-0.4, -0.2) is 29.0 Å². The normalized spacial score (nSPS) is 17.3. The van der Waals surface area contributed by atoms with Gasteiger partial charge in [0.25, 0.3) is 5.69 Å². The Kier molecular flexibility index (Phi) is 4.68. The first-order chi connectivity index (χ1) is 13.7. The van der Waals surface area contributed by atoms with Crippen molar-refractivity contribution in [3.05, 3.63) is 57.6 Å². The summed E-state index contributed by atoms with van der Waals surface area (Å²) in [6.07, 6.45) is 2.35. The number of hydrogen-bond donors (Lipinski definition) is 1. The summed E-state index contributed by atoms with van der Waals surface area (Å²) >= 11 is 0. The van der Waals surface area contributed by atoms with Crippen LogP contribution in [0.5, 0.6) is 5.75 Å². The molecule has 0 atom stereocenters. The summed E-state index contributed by atoms with van der Waals surface area (Å²) in [6.45, 7) is 6.65. The predicted molar refractivity (Wildman–Crippen MR) is 112 cm³/mol. The van der Waals surface area contributed by atoms with Crippen molar-refractivity contribution < 1.29 is 14.5 Å². The second kappa shape index (κ2) is 7.06. The fraction of sp³-hybridized carbons (Fsp3) is 0.409. The van der Waals surface area contributed by atoms with Crippen LogP contribution in [0.1, 0.15) is 37.8 Å². The number of hydrogen-bond acceptors (Lipinski definition) is 5. The highest BCUT2D eigenvalue weighted by Crippen LogP contribution is 2.46. The number of benzene rings is 2. The monoisotopic (exact) mass is 395 g/mol. The van der Waals surface area contributed by atoms with Gasteiger partial charge in [0.05, 0.1) is 29.6 Å². The Balaban J connectivity index is 1.64. The van der Waals surface area contributed by atoms with Gasteiger partial charge in [0.15, 0.2) is 5.75 Å². The fourth-order valence-corrected chi connectivity index (χ4v) is 3.74. The van der Waals surface area contributed by atoms with Crippen LogP contribution in [0.4, 0.5) is 17.1 Å². The number of aryl methyl sites for hydroxylation is 1. The van der Waals surface area contributed by atoms with Crippen LogP contribution >= 0.6 is 0 Å². The smallest absolute Gasteiger partial charge is 0.296 e. The molecule has 2 aromatic carbocycles. The summed E-state index contributed by atoms with van der Waals surface area (Å²) in [5.41, 5.74) is 2.40. The largest absolute Gasteiger partial charge is 0.484 e. The average Bonchev–Trinajstić information content (AvgIpc) is 3.47. The molecule has 0 spiro atoms. The molecule has 2 aromatic rings. The van der Waals surface area contributed by atoms with Crippen molar-refractivity contribution >= 4 is 23.0 Å². The topological polar surface area (TPSA) is 84.7 Å². The molecular formula is C22H25N3O4. The minimum absolute atomic E-state index is 0.157. The molecule has 152 valence electrons. The average molecular weight is 395 g/mol. The third-order valence-electron chi connectivity index (χ3n) is 5.27. The Morgan fingerprint density at radius 1 is 1.28 bits per heavy atom. The zero-order valence-corrected chi connectivity index (χ0v) is 16.9. The van der Waals surface area contributed by atoms with E-state index in [-0.39, 0.29) is 23.7 Å². The van der Waals surface area contributed by atoms with Crippen molar-refractivity contribution in [2.24, 2.45) is 0 Å². The first-order valence-electron chi connectivity index (χ1n) is 9.85. The lowest BCUT2D eigenvalue weighted by atomic mass is 10.0. The number of fused-ring (bicyclic) bond motifs is 1. The van der Waals surface area contributed by atoms with E-state index in [1.54, 1.807) is 6.07 Å². The van der Waals surface area contributed by atoms with Gasteiger partial charge in [0.1, 0.15) is 11.3 Å². The SMILES string of the molecule is Cc1ccc(CC(=O)Nc2cc3c(cc2[N+](=O)[O-])OC(C)(C)CN3C2CC2)cc1. The van der Waals surface area contributed by atoms with Gasteiger partial charge in [-0.1, -0.05) is 29.8 Å². The summed E-state index contributed by atoms with van der Waals surface area (Å²) in [5, 5.41) is 14.4. The van der Waals surface area contributed by atoms with E-state index in [0.717, 1.165) is 29.7 Å². The quantitative estimate of drug-likeness (QED) is 0.605. The van der Waals surface area contributed by atoms with Crippen LogP contribution < -0.4 is 15.0 Å². The lowest BCUT2D eigenvalue weighted by Crippen LogP contribution is -2.47. The first-order valence-corrected chi connectivity index (χ1v) is 9.85. The summed E-state index contributed by atoms with van der Waals surface area (Å²) in [4.78, 5) is 26.0. The number of amides is 1. The van der Waals surface area contributed by atoms with Gasteiger partial charge < -0.3 is 15.0 Å². The zero-order valence-electron chi connectivity index (χ0n) is 16.9. The maximum Gasteiger partial charge on any atom is 0.296 e. The maximum absolute atomic E-state index is 12.6. The molecule has 1 amide bonds. The molecule has 1 saturated carbocycles. The molecule has 4 rings (SSSR count). The third kappa shape index (κ3) is 4.18. The minimum atomic E-state index is -0.478.